The molecule has 2 fully saturated rings. The Morgan fingerprint density at radius 3 is 2.46 bits per heavy atom. The zero-order chi connectivity index (χ0) is 24.8. The van der Waals surface area contributed by atoms with E-state index >= 15 is 0 Å². The van der Waals surface area contributed by atoms with Gasteiger partial charge in [0.25, 0.3) is 0 Å². The first kappa shape index (κ1) is 25.6. The molecule has 1 aromatic carbocycles. The molecule has 1 aromatic heterocycles. The standard InChI is InChI=1S/C25H34N4O5S/c1-19-3-5-21(6-4-19)7-8-23-24(20(2)27-34-23)35(31,32)29-12-9-22(10-13-29)25(30)26-11-14-28-15-17-33-18-16-28/h3-8,22H,9-18H2,1-2H3,(H,26,30)/b8-7+. The molecule has 2 aliphatic heterocycles. The highest BCUT2D eigenvalue weighted by atomic mass is 32.2. The molecule has 2 aromatic rings. The van der Waals surface area contributed by atoms with Crippen molar-refractivity contribution in [1.82, 2.24) is 19.7 Å². The van der Waals surface area contributed by atoms with Crippen LogP contribution in [0, 0.1) is 19.8 Å². The monoisotopic (exact) mass is 502 g/mol. The Morgan fingerprint density at radius 1 is 1.09 bits per heavy atom. The van der Waals surface area contributed by atoms with Gasteiger partial charge in [-0.25, -0.2) is 8.42 Å². The van der Waals surface area contributed by atoms with Gasteiger partial charge in [-0.1, -0.05) is 41.1 Å². The van der Waals surface area contributed by atoms with Crippen LogP contribution < -0.4 is 5.32 Å². The molecule has 0 atom stereocenters. The molecule has 0 radical (unpaired) electrons. The summed E-state index contributed by atoms with van der Waals surface area (Å²) < 4.78 is 39.0. The van der Waals surface area contributed by atoms with Crippen LogP contribution in [0.25, 0.3) is 12.2 Å². The molecule has 190 valence electrons. The highest BCUT2D eigenvalue weighted by Crippen LogP contribution is 2.29. The van der Waals surface area contributed by atoms with Crippen LogP contribution in [-0.4, -0.2) is 81.2 Å². The fraction of sp³-hybridized carbons (Fsp3) is 0.520. The topological polar surface area (TPSA) is 105 Å². The van der Waals surface area contributed by atoms with Gasteiger partial charge in [0, 0.05) is 45.2 Å². The van der Waals surface area contributed by atoms with E-state index in [0.717, 1.165) is 44.0 Å². The van der Waals surface area contributed by atoms with Gasteiger partial charge >= 0.3 is 0 Å². The van der Waals surface area contributed by atoms with Gasteiger partial charge in [0.1, 0.15) is 5.69 Å². The van der Waals surface area contributed by atoms with Crippen molar-refractivity contribution in [3.63, 3.8) is 0 Å². The average molecular weight is 503 g/mol. The fourth-order valence-corrected chi connectivity index (χ4v) is 6.16. The minimum Gasteiger partial charge on any atom is -0.379 e. The molecule has 3 heterocycles. The molecule has 35 heavy (non-hydrogen) atoms. The van der Waals surface area contributed by atoms with Crippen LogP contribution >= 0.6 is 0 Å². The SMILES string of the molecule is Cc1ccc(/C=C/c2onc(C)c2S(=O)(=O)N2CCC(C(=O)NCCN3CCOCC3)CC2)cc1. The number of benzene rings is 1. The summed E-state index contributed by atoms with van der Waals surface area (Å²) in [5, 5.41) is 6.92. The first-order valence-corrected chi connectivity index (χ1v) is 13.6. The van der Waals surface area contributed by atoms with Crippen LogP contribution in [0.2, 0.25) is 0 Å². The lowest BCUT2D eigenvalue weighted by Gasteiger charge is -2.31. The second-order valence-electron chi connectivity index (χ2n) is 9.13. The number of ether oxygens (including phenoxy) is 1. The number of carbonyl (C=O) groups is 1. The number of nitrogens with zero attached hydrogens (tertiary/aromatic N) is 3. The third-order valence-electron chi connectivity index (χ3n) is 6.59. The number of piperidine rings is 1. The lowest BCUT2D eigenvalue weighted by molar-refractivity contribution is -0.126. The van der Waals surface area contributed by atoms with E-state index in [-0.39, 0.29) is 35.6 Å². The molecule has 10 heteroatoms. The van der Waals surface area contributed by atoms with Gasteiger partial charge in [-0.05, 0) is 38.3 Å². The Morgan fingerprint density at radius 2 is 1.77 bits per heavy atom. The highest BCUT2D eigenvalue weighted by Gasteiger charge is 2.35. The number of aryl methyl sites for hydroxylation is 2. The van der Waals surface area contributed by atoms with Crippen molar-refractivity contribution in [1.29, 1.82) is 0 Å². The third kappa shape index (κ3) is 6.38. The number of amides is 1. The minimum atomic E-state index is -3.80. The Bertz CT molecular complexity index is 1130. The summed E-state index contributed by atoms with van der Waals surface area (Å²) >= 11 is 0. The molecule has 0 saturated carbocycles. The van der Waals surface area contributed by atoms with E-state index in [9.17, 15) is 13.2 Å². The van der Waals surface area contributed by atoms with Gasteiger partial charge in [0.15, 0.2) is 10.7 Å². The largest absolute Gasteiger partial charge is 0.379 e. The summed E-state index contributed by atoms with van der Waals surface area (Å²) in [6.07, 6.45) is 4.43. The Hall–Kier alpha value is -2.53. The van der Waals surface area contributed by atoms with Crippen molar-refractivity contribution < 1.29 is 22.5 Å². The summed E-state index contributed by atoms with van der Waals surface area (Å²) in [7, 11) is -3.80. The molecule has 0 bridgehead atoms. The maximum Gasteiger partial charge on any atom is 0.248 e. The molecule has 2 aliphatic rings. The first-order valence-electron chi connectivity index (χ1n) is 12.1. The Kier molecular flexibility index (Phi) is 8.38. The number of morpholine rings is 1. The summed E-state index contributed by atoms with van der Waals surface area (Å²) in [6, 6.07) is 7.90. The summed E-state index contributed by atoms with van der Waals surface area (Å²) in [4.78, 5) is 15.0. The molecule has 2 saturated heterocycles. The van der Waals surface area contributed by atoms with E-state index in [1.54, 1.807) is 13.0 Å². The third-order valence-corrected chi connectivity index (χ3v) is 8.65. The fourth-order valence-electron chi connectivity index (χ4n) is 4.44. The van der Waals surface area contributed by atoms with Crippen LogP contribution in [0.4, 0.5) is 0 Å². The maximum atomic E-state index is 13.4. The number of nitrogens with one attached hydrogen (secondary N) is 1. The molecule has 4 rings (SSSR count). The van der Waals surface area contributed by atoms with Crippen molar-refractivity contribution >= 4 is 28.1 Å². The first-order chi connectivity index (χ1) is 16.8. The van der Waals surface area contributed by atoms with Gasteiger partial charge in [-0.2, -0.15) is 4.31 Å². The lowest BCUT2D eigenvalue weighted by Crippen LogP contribution is -2.45. The van der Waals surface area contributed by atoms with E-state index in [1.165, 1.54) is 4.31 Å². The van der Waals surface area contributed by atoms with Crippen molar-refractivity contribution in [2.75, 3.05) is 52.5 Å². The zero-order valence-electron chi connectivity index (χ0n) is 20.4. The molecule has 0 unspecified atom stereocenters. The molecule has 0 spiro atoms. The predicted octanol–water partition coefficient (Wildman–Crippen LogP) is 2.31. The molecular formula is C25H34N4O5S. The summed E-state index contributed by atoms with van der Waals surface area (Å²) in [5.74, 6) is 0.0276. The average Bonchev–Trinajstić information content (AvgIpc) is 3.25. The van der Waals surface area contributed by atoms with E-state index in [1.807, 2.05) is 37.3 Å². The van der Waals surface area contributed by atoms with Gasteiger partial charge in [0.2, 0.25) is 15.9 Å². The number of carbonyl (C=O) groups excluding carboxylic acids is 1. The zero-order valence-corrected chi connectivity index (χ0v) is 21.2. The van der Waals surface area contributed by atoms with Gasteiger partial charge in [-0.15, -0.1) is 0 Å². The van der Waals surface area contributed by atoms with Crippen molar-refractivity contribution in [3.8, 4) is 0 Å². The van der Waals surface area contributed by atoms with Gasteiger partial charge in [0.05, 0.1) is 13.2 Å². The van der Waals surface area contributed by atoms with E-state index in [2.05, 4.69) is 15.4 Å². The summed E-state index contributed by atoms with van der Waals surface area (Å²) in [5.41, 5.74) is 2.42. The lowest BCUT2D eigenvalue weighted by atomic mass is 9.97. The highest BCUT2D eigenvalue weighted by molar-refractivity contribution is 7.89. The maximum absolute atomic E-state index is 13.4. The number of sulfonamides is 1. The quantitative estimate of drug-likeness (QED) is 0.591. The summed E-state index contributed by atoms with van der Waals surface area (Å²) in [6.45, 7) is 8.84. The smallest absolute Gasteiger partial charge is 0.248 e. The number of rotatable bonds is 8. The van der Waals surface area contributed by atoms with Gasteiger partial charge < -0.3 is 14.6 Å². The number of hydrogen-bond donors (Lipinski definition) is 1. The molecule has 9 nitrogen and oxygen atoms in total. The molecule has 1 N–H and O–H groups in total. The number of hydrogen-bond acceptors (Lipinski definition) is 7. The molecule has 0 aliphatic carbocycles. The van der Waals surface area contributed by atoms with Crippen LogP contribution in [0.1, 0.15) is 35.4 Å². The van der Waals surface area contributed by atoms with E-state index in [4.69, 9.17) is 9.26 Å². The van der Waals surface area contributed by atoms with Crippen molar-refractivity contribution in [3.05, 3.63) is 46.8 Å². The van der Waals surface area contributed by atoms with Crippen LogP contribution in [0.15, 0.2) is 33.7 Å². The Balaban J connectivity index is 1.34. The number of aromatic nitrogens is 1. The minimum absolute atomic E-state index is 0.00168. The van der Waals surface area contributed by atoms with Crippen LogP contribution in [0.5, 0.6) is 0 Å². The van der Waals surface area contributed by atoms with E-state index in [0.29, 0.717) is 25.1 Å². The second kappa shape index (κ2) is 11.5. The van der Waals surface area contributed by atoms with Crippen LogP contribution in [0.3, 0.4) is 0 Å². The van der Waals surface area contributed by atoms with Crippen molar-refractivity contribution in [2.45, 2.75) is 31.6 Å². The van der Waals surface area contributed by atoms with Crippen LogP contribution in [-0.2, 0) is 19.6 Å². The second-order valence-corrected chi connectivity index (χ2v) is 11.0. The predicted molar refractivity (Wildman–Crippen MR) is 133 cm³/mol. The van der Waals surface area contributed by atoms with E-state index < -0.39 is 10.0 Å². The van der Waals surface area contributed by atoms with Gasteiger partial charge in [-0.3, -0.25) is 9.69 Å². The Labute approximate surface area is 207 Å². The van der Waals surface area contributed by atoms with Crippen molar-refractivity contribution in [2.24, 2.45) is 5.92 Å². The molecular weight excluding hydrogens is 468 g/mol. The molecule has 1 amide bonds. The normalized spacial score (nSPS) is 18.8.